The molecule has 0 aliphatic rings. The zero-order valence-corrected chi connectivity index (χ0v) is 10.6. The van der Waals surface area contributed by atoms with E-state index in [1.165, 1.54) is 6.07 Å². The van der Waals surface area contributed by atoms with Gasteiger partial charge in [0.2, 0.25) is 0 Å². The summed E-state index contributed by atoms with van der Waals surface area (Å²) < 4.78 is 0. The Morgan fingerprint density at radius 2 is 2.00 bits per heavy atom. The molecule has 0 bridgehead atoms. The van der Waals surface area contributed by atoms with Crippen LogP contribution in [0.15, 0.2) is 30.5 Å². The average Bonchev–Trinajstić information content (AvgIpc) is 2.12. The zero-order valence-electron chi connectivity index (χ0n) is 6.87. The topological polar surface area (TPSA) is 33.1 Å². The Kier molecular flexibility index (Phi) is 3.24. The normalized spacial score (nSPS) is 9.62. The third-order valence-electron chi connectivity index (χ3n) is 1.70. The minimum Gasteiger partial charge on any atom is -0.506 e. The summed E-state index contributed by atoms with van der Waals surface area (Å²) in [4.78, 5) is 4.01. The van der Waals surface area contributed by atoms with Crippen LogP contribution in [0.4, 0.5) is 0 Å². The molecular weight excluding hydrogens is 239 g/mol. The number of phenols is 1. The van der Waals surface area contributed by atoms with E-state index in [1.807, 2.05) is 6.07 Å². The second-order valence-corrected chi connectivity index (χ2v) is 2.87. The van der Waals surface area contributed by atoms with E-state index in [-0.39, 0.29) is 25.2 Å². The molecular formula is C9H6ClNOZn. The molecule has 0 unspecified atom stereocenters. The number of fused-ring (bicyclic) bond motifs is 1. The van der Waals surface area contributed by atoms with Gasteiger partial charge in [0, 0.05) is 31.1 Å². The van der Waals surface area contributed by atoms with E-state index >= 15 is 0 Å². The van der Waals surface area contributed by atoms with Crippen LogP contribution >= 0.6 is 11.6 Å². The third-order valence-corrected chi connectivity index (χ3v) is 2.02. The van der Waals surface area contributed by atoms with Gasteiger partial charge in [-0.05, 0) is 24.3 Å². The Morgan fingerprint density at radius 1 is 1.23 bits per heavy atom. The Bertz CT molecular complexity index is 392. The molecule has 1 aromatic heterocycles. The molecule has 13 heavy (non-hydrogen) atoms. The predicted octanol–water partition coefficient (Wildman–Crippen LogP) is 2.59. The second-order valence-electron chi connectivity index (χ2n) is 2.47. The average molecular weight is 245 g/mol. The summed E-state index contributed by atoms with van der Waals surface area (Å²) in [5.74, 6) is 0.162. The fourth-order valence-corrected chi connectivity index (χ4v) is 1.34. The fraction of sp³-hybridized carbons (Fsp3) is 0. The van der Waals surface area contributed by atoms with Crippen LogP contribution in [0.25, 0.3) is 10.9 Å². The van der Waals surface area contributed by atoms with Crippen LogP contribution in [0.1, 0.15) is 0 Å². The van der Waals surface area contributed by atoms with Gasteiger partial charge in [-0.3, -0.25) is 4.98 Å². The maximum atomic E-state index is 9.37. The van der Waals surface area contributed by atoms with Gasteiger partial charge in [0.05, 0.1) is 5.02 Å². The number of hydrogen-bond donors (Lipinski definition) is 1. The van der Waals surface area contributed by atoms with Crippen molar-refractivity contribution in [3.05, 3.63) is 35.5 Å². The monoisotopic (exact) mass is 243 g/mol. The van der Waals surface area contributed by atoms with Crippen molar-refractivity contribution in [2.24, 2.45) is 0 Å². The van der Waals surface area contributed by atoms with Crippen LogP contribution in [-0.4, -0.2) is 10.1 Å². The Labute approximate surface area is 93.3 Å². The van der Waals surface area contributed by atoms with Gasteiger partial charge in [0.15, 0.2) is 0 Å². The van der Waals surface area contributed by atoms with Crippen molar-refractivity contribution < 1.29 is 24.6 Å². The summed E-state index contributed by atoms with van der Waals surface area (Å²) in [5.41, 5.74) is 0.546. The number of aromatic hydroxyl groups is 1. The first-order valence-corrected chi connectivity index (χ1v) is 3.89. The first kappa shape index (κ1) is 10.4. The molecule has 0 saturated carbocycles. The van der Waals surface area contributed by atoms with Crippen LogP contribution in [0.3, 0.4) is 0 Å². The predicted molar refractivity (Wildman–Crippen MR) is 48.4 cm³/mol. The van der Waals surface area contributed by atoms with Crippen molar-refractivity contribution in [2.75, 3.05) is 0 Å². The molecule has 0 saturated heterocycles. The summed E-state index contributed by atoms with van der Waals surface area (Å²) >= 11 is 5.88. The molecule has 0 radical (unpaired) electrons. The summed E-state index contributed by atoms with van der Waals surface area (Å²) in [7, 11) is 0. The number of phenolic OH excluding ortho intramolecular Hbond substituents is 1. The van der Waals surface area contributed by atoms with E-state index in [0.29, 0.717) is 10.5 Å². The van der Waals surface area contributed by atoms with E-state index in [1.54, 1.807) is 18.3 Å². The maximum absolute atomic E-state index is 9.37. The first-order chi connectivity index (χ1) is 5.79. The molecule has 0 aliphatic carbocycles. The molecule has 62 valence electrons. The Hall–Kier alpha value is -0.657. The molecule has 0 atom stereocenters. The standard InChI is InChI=1S/C9H6ClNO.Zn/c10-7-3-4-8(12)9-6(7)2-1-5-11-9;/h1-5,12H;. The van der Waals surface area contributed by atoms with E-state index in [4.69, 9.17) is 11.6 Å². The van der Waals surface area contributed by atoms with Gasteiger partial charge in [-0.2, -0.15) is 0 Å². The smallest absolute Gasteiger partial charge is 0.141 e. The second kappa shape index (κ2) is 4.03. The van der Waals surface area contributed by atoms with Gasteiger partial charge in [-0.15, -0.1) is 0 Å². The van der Waals surface area contributed by atoms with Crippen molar-refractivity contribution in [1.82, 2.24) is 4.98 Å². The van der Waals surface area contributed by atoms with Crippen LogP contribution in [0.2, 0.25) is 5.02 Å². The molecule has 4 heteroatoms. The van der Waals surface area contributed by atoms with E-state index in [2.05, 4.69) is 4.98 Å². The Balaban J connectivity index is 0.000000845. The van der Waals surface area contributed by atoms with E-state index in [0.717, 1.165) is 5.39 Å². The molecule has 0 fully saturated rings. The van der Waals surface area contributed by atoms with Crippen molar-refractivity contribution in [2.45, 2.75) is 0 Å². The van der Waals surface area contributed by atoms with Gasteiger partial charge in [-0.25, -0.2) is 0 Å². The third kappa shape index (κ3) is 1.82. The van der Waals surface area contributed by atoms with Gasteiger partial charge in [0.25, 0.3) is 0 Å². The number of pyridine rings is 1. The fourth-order valence-electron chi connectivity index (χ4n) is 1.12. The van der Waals surface area contributed by atoms with Crippen molar-refractivity contribution in [1.29, 1.82) is 0 Å². The van der Waals surface area contributed by atoms with Gasteiger partial charge in [-0.1, -0.05) is 11.6 Å². The number of halogens is 1. The molecule has 0 amide bonds. The SMILES string of the molecule is Oc1ccc(Cl)c2cccnc12.[Zn]. The van der Waals surface area contributed by atoms with Gasteiger partial charge >= 0.3 is 0 Å². The molecule has 2 aromatic rings. The van der Waals surface area contributed by atoms with Crippen LogP contribution < -0.4 is 0 Å². The van der Waals surface area contributed by atoms with Crippen LogP contribution in [0.5, 0.6) is 5.75 Å². The van der Waals surface area contributed by atoms with E-state index < -0.39 is 0 Å². The van der Waals surface area contributed by atoms with Crippen LogP contribution in [-0.2, 0) is 19.5 Å². The number of hydrogen-bond acceptors (Lipinski definition) is 2. The van der Waals surface area contributed by atoms with Crippen LogP contribution in [0, 0.1) is 0 Å². The Morgan fingerprint density at radius 3 is 2.69 bits per heavy atom. The van der Waals surface area contributed by atoms with Crippen molar-refractivity contribution in [3.8, 4) is 5.75 Å². The summed E-state index contributed by atoms with van der Waals surface area (Å²) in [5, 5.41) is 10.8. The largest absolute Gasteiger partial charge is 0.506 e. The molecule has 0 spiro atoms. The summed E-state index contributed by atoms with van der Waals surface area (Å²) in [6.07, 6.45) is 1.62. The zero-order chi connectivity index (χ0) is 8.55. The molecule has 1 N–H and O–H groups in total. The minimum absolute atomic E-state index is 0. The van der Waals surface area contributed by atoms with Gasteiger partial charge < -0.3 is 5.11 Å². The molecule has 1 heterocycles. The quantitative estimate of drug-likeness (QED) is 0.723. The molecule has 0 aliphatic heterocycles. The van der Waals surface area contributed by atoms with Crippen molar-refractivity contribution in [3.63, 3.8) is 0 Å². The number of nitrogens with zero attached hydrogens (tertiary/aromatic N) is 1. The summed E-state index contributed by atoms with van der Waals surface area (Å²) in [6, 6.07) is 6.80. The molecule has 2 nitrogen and oxygen atoms in total. The number of rotatable bonds is 0. The van der Waals surface area contributed by atoms with E-state index in [9.17, 15) is 5.11 Å². The molecule has 1 aromatic carbocycles. The summed E-state index contributed by atoms with van der Waals surface area (Å²) in [6.45, 7) is 0. The van der Waals surface area contributed by atoms with Gasteiger partial charge in [0.1, 0.15) is 11.3 Å². The molecule has 2 rings (SSSR count). The maximum Gasteiger partial charge on any atom is 0.141 e. The number of aromatic nitrogens is 1. The first-order valence-electron chi connectivity index (χ1n) is 3.51. The minimum atomic E-state index is 0. The van der Waals surface area contributed by atoms with Crippen molar-refractivity contribution >= 4 is 22.5 Å². The number of benzene rings is 1.